The van der Waals surface area contributed by atoms with Crippen molar-refractivity contribution in [1.82, 2.24) is 0 Å². The largest absolute Gasteiger partial charge is 0.496 e. The summed E-state index contributed by atoms with van der Waals surface area (Å²) in [6, 6.07) is 6.11. The predicted molar refractivity (Wildman–Crippen MR) is 59.6 cm³/mol. The molecule has 0 amide bonds. The molecule has 1 aromatic carbocycles. The molecule has 0 aliphatic carbocycles. The molecule has 0 bridgehead atoms. The fraction of sp³-hybridized carbons (Fsp3) is 0.500. The zero-order chi connectivity index (χ0) is 10.8. The molecule has 1 aromatic rings. The molecular weight excluding hydrogens is 174 g/mol. The summed E-state index contributed by atoms with van der Waals surface area (Å²) in [4.78, 5) is 0. The van der Waals surface area contributed by atoms with Crippen LogP contribution in [0.5, 0.6) is 5.75 Å². The first-order chi connectivity index (χ1) is 6.51. The Morgan fingerprint density at radius 3 is 2.50 bits per heavy atom. The van der Waals surface area contributed by atoms with Crippen molar-refractivity contribution < 1.29 is 4.74 Å². The molecule has 14 heavy (non-hydrogen) atoms. The van der Waals surface area contributed by atoms with Crippen LogP contribution in [0, 0.1) is 6.92 Å². The van der Waals surface area contributed by atoms with E-state index < -0.39 is 0 Å². The van der Waals surface area contributed by atoms with Gasteiger partial charge in [-0.15, -0.1) is 0 Å². The quantitative estimate of drug-likeness (QED) is 0.800. The van der Waals surface area contributed by atoms with Crippen LogP contribution in [0.1, 0.15) is 31.4 Å². The third-order valence-electron chi connectivity index (χ3n) is 2.79. The zero-order valence-electron chi connectivity index (χ0n) is 9.42. The number of benzene rings is 1. The van der Waals surface area contributed by atoms with Gasteiger partial charge < -0.3 is 10.5 Å². The Bertz CT molecular complexity index is 318. The first-order valence-corrected chi connectivity index (χ1v) is 4.95. The van der Waals surface area contributed by atoms with E-state index in [0.717, 1.165) is 17.7 Å². The summed E-state index contributed by atoms with van der Waals surface area (Å²) in [5, 5.41) is 0. The van der Waals surface area contributed by atoms with E-state index in [-0.39, 0.29) is 5.54 Å². The molecule has 1 rings (SSSR count). The highest BCUT2D eigenvalue weighted by Crippen LogP contribution is 2.26. The highest BCUT2D eigenvalue weighted by Gasteiger charge is 2.18. The van der Waals surface area contributed by atoms with Gasteiger partial charge in [0.2, 0.25) is 0 Å². The van der Waals surface area contributed by atoms with Gasteiger partial charge in [0.05, 0.1) is 7.11 Å². The Morgan fingerprint density at radius 2 is 2.07 bits per heavy atom. The van der Waals surface area contributed by atoms with Gasteiger partial charge in [-0.2, -0.15) is 0 Å². The summed E-state index contributed by atoms with van der Waals surface area (Å²) in [6.45, 7) is 6.18. The number of aryl methyl sites for hydroxylation is 1. The van der Waals surface area contributed by atoms with Gasteiger partial charge in [-0.1, -0.05) is 19.1 Å². The lowest BCUT2D eigenvalue weighted by Gasteiger charge is -2.24. The minimum Gasteiger partial charge on any atom is -0.496 e. The minimum atomic E-state index is -0.239. The van der Waals surface area contributed by atoms with Gasteiger partial charge >= 0.3 is 0 Å². The van der Waals surface area contributed by atoms with Gasteiger partial charge in [0.15, 0.2) is 0 Å². The summed E-state index contributed by atoms with van der Waals surface area (Å²) in [7, 11) is 1.68. The SMILES string of the molecule is CCC(C)(N)c1ccc(OC)c(C)c1. The lowest BCUT2D eigenvalue weighted by Crippen LogP contribution is -2.31. The molecule has 0 saturated carbocycles. The number of methoxy groups -OCH3 is 1. The van der Waals surface area contributed by atoms with Crippen molar-refractivity contribution in [2.75, 3.05) is 7.11 Å². The van der Waals surface area contributed by atoms with Crippen molar-refractivity contribution in [1.29, 1.82) is 0 Å². The van der Waals surface area contributed by atoms with Crippen LogP contribution < -0.4 is 10.5 Å². The Hall–Kier alpha value is -1.02. The summed E-state index contributed by atoms with van der Waals surface area (Å²) < 4.78 is 5.21. The molecule has 0 aliphatic heterocycles. The first-order valence-electron chi connectivity index (χ1n) is 4.95. The first kappa shape index (κ1) is 11.1. The second kappa shape index (κ2) is 4.01. The van der Waals surface area contributed by atoms with Crippen LogP contribution in [0.15, 0.2) is 18.2 Å². The van der Waals surface area contributed by atoms with E-state index >= 15 is 0 Å². The molecule has 0 radical (unpaired) electrons. The van der Waals surface area contributed by atoms with E-state index in [4.69, 9.17) is 10.5 Å². The van der Waals surface area contributed by atoms with E-state index in [2.05, 4.69) is 13.0 Å². The zero-order valence-corrected chi connectivity index (χ0v) is 9.42. The van der Waals surface area contributed by atoms with Gasteiger partial charge in [-0.3, -0.25) is 0 Å². The van der Waals surface area contributed by atoms with Crippen LogP contribution in [0.2, 0.25) is 0 Å². The maximum absolute atomic E-state index is 6.16. The van der Waals surface area contributed by atoms with Gasteiger partial charge in [-0.05, 0) is 37.5 Å². The van der Waals surface area contributed by atoms with E-state index in [1.807, 2.05) is 26.0 Å². The van der Waals surface area contributed by atoms with E-state index in [1.54, 1.807) is 7.11 Å². The predicted octanol–water partition coefficient (Wildman–Crippen LogP) is 2.59. The lowest BCUT2D eigenvalue weighted by atomic mass is 9.89. The van der Waals surface area contributed by atoms with Crippen LogP contribution in [0.25, 0.3) is 0 Å². The molecule has 0 fully saturated rings. The van der Waals surface area contributed by atoms with Gasteiger partial charge in [0.25, 0.3) is 0 Å². The fourth-order valence-corrected chi connectivity index (χ4v) is 1.44. The molecule has 2 nitrogen and oxygen atoms in total. The third kappa shape index (κ3) is 2.07. The van der Waals surface area contributed by atoms with Crippen LogP contribution in [0.4, 0.5) is 0 Å². The highest BCUT2D eigenvalue weighted by molar-refractivity contribution is 5.38. The average molecular weight is 193 g/mol. The van der Waals surface area contributed by atoms with Crippen LogP contribution in [-0.2, 0) is 5.54 Å². The minimum absolute atomic E-state index is 0.239. The van der Waals surface area contributed by atoms with Crippen molar-refractivity contribution in [2.45, 2.75) is 32.7 Å². The molecule has 0 aromatic heterocycles. The molecule has 0 aliphatic rings. The Balaban J connectivity index is 3.08. The molecule has 1 atom stereocenters. The summed E-state index contributed by atoms with van der Waals surface area (Å²) in [5.74, 6) is 0.917. The summed E-state index contributed by atoms with van der Waals surface area (Å²) in [5.41, 5.74) is 8.22. The topological polar surface area (TPSA) is 35.2 Å². The van der Waals surface area contributed by atoms with E-state index in [9.17, 15) is 0 Å². The number of hydrogen-bond donors (Lipinski definition) is 1. The number of ether oxygens (including phenoxy) is 1. The van der Waals surface area contributed by atoms with Gasteiger partial charge in [-0.25, -0.2) is 0 Å². The van der Waals surface area contributed by atoms with Crippen LogP contribution >= 0.6 is 0 Å². The molecule has 78 valence electrons. The fourth-order valence-electron chi connectivity index (χ4n) is 1.44. The smallest absolute Gasteiger partial charge is 0.121 e. The van der Waals surface area contributed by atoms with Crippen LogP contribution in [-0.4, -0.2) is 7.11 Å². The van der Waals surface area contributed by atoms with Gasteiger partial charge in [0, 0.05) is 5.54 Å². The van der Waals surface area contributed by atoms with Gasteiger partial charge in [0.1, 0.15) is 5.75 Å². The Kier molecular flexibility index (Phi) is 3.17. The monoisotopic (exact) mass is 193 g/mol. The van der Waals surface area contributed by atoms with Crippen molar-refractivity contribution in [3.05, 3.63) is 29.3 Å². The molecule has 1 unspecified atom stereocenters. The third-order valence-corrected chi connectivity index (χ3v) is 2.79. The Morgan fingerprint density at radius 1 is 1.43 bits per heavy atom. The maximum Gasteiger partial charge on any atom is 0.121 e. The average Bonchev–Trinajstić information content (AvgIpc) is 2.17. The molecule has 0 heterocycles. The van der Waals surface area contributed by atoms with Crippen LogP contribution in [0.3, 0.4) is 0 Å². The van der Waals surface area contributed by atoms with Crippen molar-refractivity contribution in [3.63, 3.8) is 0 Å². The van der Waals surface area contributed by atoms with E-state index in [0.29, 0.717) is 0 Å². The Labute approximate surface area is 86.1 Å². The normalized spacial score (nSPS) is 14.9. The van der Waals surface area contributed by atoms with Crippen molar-refractivity contribution in [2.24, 2.45) is 5.73 Å². The molecule has 0 spiro atoms. The molecule has 2 N–H and O–H groups in total. The standard InChI is InChI=1S/C12H19NO/c1-5-12(3,13)10-6-7-11(14-4)9(2)8-10/h6-8H,5,13H2,1-4H3. The molecular formula is C12H19NO. The second-order valence-corrected chi connectivity index (χ2v) is 3.96. The maximum atomic E-state index is 6.16. The van der Waals surface area contributed by atoms with E-state index in [1.165, 1.54) is 5.56 Å². The summed E-state index contributed by atoms with van der Waals surface area (Å²) in [6.07, 6.45) is 0.929. The number of nitrogens with two attached hydrogens (primary N) is 1. The van der Waals surface area contributed by atoms with Crippen molar-refractivity contribution in [3.8, 4) is 5.75 Å². The summed E-state index contributed by atoms with van der Waals surface area (Å²) >= 11 is 0. The highest BCUT2D eigenvalue weighted by atomic mass is 16.5. The number of hydrogen-bond acceptors (Lipinski definition) is 2. The molecule has 0 saturated heterocycles. The lowest BCUT2D eigenvalue weighted by molar-refractivity contribution is 0.410. The van der Waals surface area contributed by atoms with Crippen molar-refractivity contribution >= 4 is 0 Å². The molecule has 2 heteroatoms. The number of rotatable bonds is 3. The second-order valence-electron chi connectivity index (χ2n) is 3.96.